The van der Waals surface area contributed by atoms with Crippen molar-refractivity contribution in [2.75, 3.05) is 27.7 Å². The van der Waals surface area contributed by atoms with E-state index in [0.29, 0.717) is 6.54 Å². The second kappa shape index (κ2) is 8.64. The van der Waals surface area contributed by atoms with Crippen LogP contribution in [0, 0.1) is 10.1 Å². The Labute approximate surface area is 156 Å². The Bertz CT molecular complexity index is 811. The Balaban J connectivity index is 2.17. The van der Waals surface area contributed by atoms with Crippen LogP contribution in [0.25, 0.3) is 0 Å². The molecule has 0 aromatic heterocycles. The van der Waals surface area contributed by atoms with Crippen molar-refractivity contribution in [3.05, 3.63) is 68.7 Å². The summed E-state index contributed by atoms with van der Waals surface area (Å²) in [7, 11) is 5.58. The Morgan fingerprint density at radius 1 is 1.31 bits per heavy atom. The third-order valence-corrected chi connectivity index (χ3v) is 4.40. The molecule has 2 N–H and O–H groups in total. The number of hydrogen-bond acceptors (Lipinski definition) is 4. The van der Waals surface area contributed by atoms with Gasteiger partial charge in [-0.15, -0.1) is 0 Å². The Kier molecular flexibility index (Phi) is 6.54. The summed E-state index contributed by atoms with van der Waals surface area (Å²) in [6, 6.07) is 11.4. The second-order valence-electron chi connectivity index (χ2n) is 6.00. The Morgan fingerprint density at radius 2 is 2.00 bits per heavy atom. The maximum atomic E-state index is 12.5. The highest BCUT2D eigenvalue weighted by atomic mass is 35.5. The van der Waals surface area contributed by atoms with Crippen molar-refractivity contribution >= 4 is 23.2 Å². The minimum absolute atomic E-state index is 0.0353. The van der Waals surface area contributed by atoms with Crippen LogP contribution in [0.3, 0.4) is 0 Å². The van der Waals surface area contributed by atoms with Crippen LogP contribution >= 0.6 is 11.6 Å². The summed E-state index contributed by atoms with van der Waals surface area (Å²) < 4.78 is 5.41. The number of carbonyl (C=O) groups excluding carboxylic acids is 1. The van der Waals surface area contributed by atoms with Crippen molar-refractivity contribution in [2.45, 2.75) is 6.04 Å². The first kappa shape index (κ1) is 19.7. The first-order valence-corrected chi connectivity index (χ1v) is 8.38. The van der Waals surface area contributed by atoms with Crippen molar-refractivity contribution in [3.8, 4) is 5.75 Å². The quantitative estimate of drug-likeness (QED) is 0.569. The van der Waals surface area contributed by atoms with Crippen LogP contribution < -0.4 is 15.0 Å². The average Bonchev–Trinajstić information content (AvgIpc) is 2.61. The molecule has 0 unspecified atom stereocenters. The number of nitro groups is 1. The fourth-order valence-corrected chi connectivity index (χ4v) is 2.93. The van der Waals surface area contributed by atoms with Crippen LogP contribution in [0.15, 0.2) is 42.5 Å². The molecule has 0 heterocycles. The van der Waals surface area contributed by atoms with Crippen molar-refractivity contribution < 1.29 is 19.4 Å². The summed E-state index contributed by atoms with van der Waals surface area (Å²) in [4.78, 5) is 23.8. The lowest BCUT2D eigenvalue weighted by Crippen LogP contribution is -3.07. The molecule has 0 spiro atoms. The van der Waals surface area contributed by atoms with E-state index in [0.717, 1.165) is 16.2 Å². The first-order valence-electron chi connectivity index (χ1n) is 8.00. The highest BCUT2D eigenvalue weighted by Gasteiger charge is 2.23. The molecule has 0 saturated carbocycles. The molecule has 0 aliphatic carbocycles. The number of rotatable bonds is 7. The minimum atomic E-state index is -0.555. The minimum Gasteiger partial charge on any atom is -0.496 e. The number of hydrogen-bond donors (Lipinski definition) is 2. The van der Waals surface area contributed by atoms with Gasteiger partial charge in [0.2, 0.25) is 0 Å². The number of nitro benzene ring substituents is 1. The van der Waals surface area contributed by atoms with Gasteiger partial charge in [0.05, 0.1) is 48.8 Å². The maximum Gasteiger partial charge on any atom is 0.270 e. The lowest BCUT2D eigenvalue weighted by atomic mass is 10.0. The molecule has 0 saturated heterocycles. The number of methoxy groups -OCH3 is 1. The fourth-order valence-electron chi connectivity index (χ4n) is 2.67. The molecule has 8 heteroatoms. The Morgan fingerprint density at radius 3 is 2.58 bits per heavy atom. The summed E-state index contributed by atoms with van der Waals surface area (Å²) >= 11 is 6.02. The Hall–Kier alpha value is -2.64. The molecule has 2 aromatic rings. The summed E-state index contributed by atoms with van der Waals surface area (Å²) in [5.41, 5.74) is 1.02. The topological polar surface area (TPSA) is 85.9 Å². The lowest BCUT2D eigenvalue weighted by molar-refractivity contribution is -0.890. The van der Waals surface area contributed by atoms with Crippen LogP contribution in [0.4, 0.5) is 5.69 Å². The van der Waals surface area contributed by atoms with Gasteiger partial charge in [0.25, 0.3) is 11.6 Å². The van der Waals surface area contributed by atoms with Gasteiger partial charge in [-0.1, -0.05) is 23.7 Å². The molecule has 1 atom stereocenters. The van der Waals surface area contributed by atoms with Gasteiger partial charge in [-0.3, -0.25) is 14.9 Å². The number of ether oxygens (including phenoxy) is 1. The SMILES string of the molecule is COc1ccccc1[C@H](CNC(=O)c1ccc([N+](=O)[O-])cc1Cl)[NH+](C)C. The standard InChI is InChI=1S/C18H20ClN3O4/c1-21(2)16(14-6-4-5-7-17(14)26-3)11-20-18(23)13-9-8-12(22(24)25)10-15(13)19/h4-10,16H,11H2,1-3H3,(H,20,23)/p+1/t16-/m0/s1. The summed E-state index contributed by atoms with van der Waals surface area (Å²) in [6.45, 7) is 0.356. The molecule has 26 heavy (non-hydrogen) atoms. The van der Waals surface area contributed by atoms with Gasteiger partial charge in [-0.25, -0.2) is 0 Å². The van der Waals surface area contributed by atoms with Crippen molar-refractivity contribution in [2.24, 2.45) is 0 Å². The van der Waals surface area contributed by atoms with Crippen molar-refractivity contribution in [1.82, 2.24) is 5.32 Å². The van der Waals surface area contributed by atoms with Crippen LogP contribution in [0.1, 0.15) is 22.0 Å². The molecular weight excluding hydrogens is 358 g/mol. The van der Waals surface area contributed by atoms with Crippen LogP contribution in [-0.4, -0.2) is 38.6 Å². The van der Waals surface area contributed by atoms with E-state index in [2.05, 4.69) is 5.32 Å². The number of nitrogens with one attached hydrogen (secondary N) is 2. The van der Waals surface area contributed by atoms with Gasteiger partial charge in [0.1, 0.15) is 11.8 Å². The van der Waals surface area contributed by atoms with Crippen LogP contribution in [0.5, 0.6) is 5.75 Å². The normalized spacial score (nSPS) is 11.9. The maximum absolute atomic E-state index is 12.5. The molecule has 138 valence electrons. The third kappa shape index (κ3) is 4.50. The number of nitrogens with zero attached hydrogens (tertiary/aromatic N) is 1. The third-order valence-electron chi connectivity index (χ3n) is 4.09. The van der Waals surface area contributed by atoms with Gasteiger partial charge in [0, 0.05) is 12.1 Å². The predicted molar refractivity (Wildman–Crippen MR) is 99.0 cm³/mol. The van der Waals surface area contributed by atoms with E-state index in [1.807, 2.05) is 38.4 Å². The zero-order valence-electron chi connectivity index (χ0n) is 14.8. The summed E-state index contributed by atoms with van der Waals surface area (Å²) in [5.74, 6) is 0.368. The molecule has 0 fully saturated rings. The number of amides is 1. The largest absolute Gasteiger partial charge is 0.496 e. The van der Waals surface area contributed by atoms with E-state index < -0.39 is 4.92 Å². The number of para-hydroxylation sites is 1. The molecule has 0 radical (unpaired) electrons. The van der Waals surface area contributed by atoms with E-state index in [4.69, 9.17) is 16.3 Å². The smallest absolute Gasteiger partial charge is 0.270 e. The van der Waals surface area contributed by atoms with Gasteiger partial charge in [-0.2, -0.15) is 0 Å². The van der Waals surface area contributed by atoms with E-state index in [1.165, 1.54) is 18.2 Å². The second-order valence-corrected chi connectivity index (χ2v) is 6.41. The van der Waals surface area contributed by atoms with Crippen LogP contribution in [0.2, 0.25) is 5.02 Å². The van der Waals surface area contributed by atoms with Crippen molar-refractivity contribution in [3.63, 3.8) is 0 Å². The molecule has 0 aliphatic rings. The summed E-state index contributed by atoms with van der Waals surface area (Å²) in [5, 5.41) is 13.7. The van der Waals surface area contributed by atoms with E-state index in [1.54, 1.807) is 7.11 Å². The zero-order valence-corrected chi connectivity index (χ0v) is 15.5. The van der Waals surface area contributed by atoms with E-state index in [-0.39, 0.29) is 28.2 Å². The van der Waals surface area contributed by atoms with E-state index >= 15 is 0 Å². The predicted octanol–water partition coefficient (Wildman–Crippen LogP) is 1.87. The molecule has 7 nitrogen and oxygen atoms in total. The molecule has 0 bridgehead atoms. The number of likely N-dealkylation sites (N-methyl/N-ethyl adjacent to an activating group) is 1. The number of benzene rings is 2. The molecular formula is C18H21ClN3O4+. The van der Waals surface area contributed by atoms with Gasteiger partial charge in [0.15, 0.2) is 0 Å². The summed E-state index contributed by atoms with van der Waals surface area (Å²) in [6.07, 6.45) is 0. The molecule has 1 amide bonds. The van der Waals surface area contributed by atoms with Gasteiger partial charge >= 0.3 is 0 Å². The monoisotopic (exact) mass is 378 g/mol. The van der Waals surface area contributed by atoms with Gasteiger partial charge in [-0.05, 0) is 18.2 Å². The number of carbonyl (C=O) groups is 1. The molecule has 2 aromatic carbocycles. The number of quaternary nitrogens is 1. The van der Waals surface area contributed by atoms with Crippen LogP contribution in [-0.2, 0) is 0 Å². The number of halogens is 1. The lowest BCUT2D eigenvalue weighted by Gasteiger charge is -2.24. The van der Waals surface area contributed by atoms with Crippen molar-refractivity contribution in [1.29, 1.82) is 0 Å². The highest BCUT2D eigenvalue weighted by Crippen LogP contribution is 2.24. The van der Waals surface area contributed by atoms with E-state index in [9.17, 15) is 14.9 Å². The highest BCUT2D eigenvalue weighted by molar-refractivity contribution is 6.34. The fraction of sp³-hybridized carbons (Fsp3) is 0.278. The number of non-ortho nitro benzene ring substituents is 1. The first-order chi connectivity index (χ1) is 12.3. The molecule has 0 aliphatic heterocycles. The zero-order chi connectivity index (χ0) is 19.3. The molecule has 2 rings (SSSR count). The average molecular weight is 379 g/mol. The van der Waals surface area contributed by atoms with Gasteiger partial charge < -0.3 is 15.0 Å².